The number of imidazole rings is 1. The zero-order valence-electron chi connectivity index (χ0n) is 20.1. The van der Waals surface area contributed by atoms with Gasteiger partial charge in [-0.3, -0.25) is 9.38 Å². The van der Waals surface area contributed by atoms with Crippen molar-refractivity contribution in [2.24, 2.45) is 5.92 Å². The summed E-state index contributed by atoms with van der Waals surface area (Å²) in [7, 11) is 4.19. The molecule has 0 saturated carbocycles. The van der Waals surface area contributed by atoms with Crippen LogP contribution in [0.1, 0.15) is 56.5 Å². The fourth-order valence-corrected chi connectivity index (χ4v) is 5.00. The third-order valence-corrected chi connectivity index (χ3v) is 6.91. The zero-order valence-corrected chi connectivity index (χ0v) is 20.1. The summed E-state index contributed by atoms with van der Waals surface area (Å²) in [6, 6.07) is 10.6. The average Bonchev–Trinajstić information content (AvgIpc) is 3.21. The molecule has 0 radical (unpaired) electrons. The molecule has 32 heavy (non-hydrogen) atoms. The lowest BCUT2D eigenvalue weighted by atomic mass is 9.70. The first kappa shape index (κ1) is 22.7. The molecule has 6 heteroatoms. The third kappa shape index (κ3) is 4.81. The summed E-state index contributed by atoms with van der Waals surface area (Å²) in [5, 5.41) is 7.44. The van der Waals surface area contributed by atoms with Gasteiger partial charge in [0.2, 0.25) is 0 Å². The standard InChI is InChI=1S/C26H38N6/c1-5-6-10-21-14-13-20-9-8-15-28-25(20)26(21,2)29-18-22-19-32-23(27-16-17-31(3)4)11-7-12-24(32)30-22/h7-9,11-12,15,19,21,27,29H,5-6,10,13-14,16-18H2,1-4H3/t21-,26-/m0/s1. The highest BCUT2D eigenvalue weighted by atomic mass is 15.1. The molecular formula is C26H38N6. The van der Waals surface area contributed by atoms with Crippen LogP contribution in [0.5, 0.6) is 0 Å². The largest absolute Gasteiger partial charge is 0.370 e. The van der Waals surface area contributed by atoms with Crippen molar-refractivity contribution in [1.82, 2.24) is 24.6 Å². The number of unbranched alkanes of at least 4 members (excludes halogenated alkanes) is 1. The van der Waals surface area contributed by atoms with E-state index < -0.39 is 0 Å². The summed E-state index contributed by atoms with van der Waals surface area (Å²) >= 11 is 0. The van der Waals surface area contributed by atoms with Crippen LogP contribution in [0.4, 0.5) is 5.82 Å². The molecule has 3 heterocycles. The van der Waals surface area contributed by atoms with Gasteiger partial charge in [-0.2, -0.15) is 0 Å². The first-order chi connectivity index (χ1) is 15.5. The fourth-order valence-electron chi connectivity index (χ4n) is 5.00. The summed E-state index contributed by atoms with van der Waals surface area (Å²) in [4.78, 5) is 11.9. The molecule has 0 unspecified atom stereocenters. The lowest BCUT2D eigenvalue weighted by molar-refractivity contribution is 0.178. The lowest BCUT2D eigenvalue weighted by Gasteiger charge is -2.43. The van der Waals surface area contributed by atoms with E-state index in [1.54, 1.807) is 0 Å². The van der Waals surface area contributed by atoms with Crippen molar-refractivity contribution in [2.75, 3.05) is 32.5 Å². The minimum atomic E-state index is -0.132. The van der Waals surface area contributed by atoms with Gasteiger partial charge in [0, 0.05) is 32.0 Å². The van der Waals surface area contributed by atoms with Crippen molar-refractivity contribution in [3.63, 3.8) is 0 Å². The van der Waals surface area contributed by atoms with E-state index in [2.05, 4.69) is 84.4 Å². The summed E-state index contributed by atoms with van der Waals surface area (Å²) < 4.78 is 2.16. The van der Waals surface area contributed by atoms with Crippen LogP contribution in [0, 0.1) is 5.92 Å². The summed E-state index contributed by atoms with van der Waals surface area (Å²) in [5.41, 5.74) is 4.52. The number of hydrogen-bond donors (Lipinski definition) is 2. The predicted molar refractivity (Wildman–Crippen MR) is 132 cm³/mol. The van der Waals surface area contributed by atoms with Gasteiger partial charge >= 0.3 is 0 Å². The highest BCUT2D eigenvalue weighted by Crippen LogP contribution is 2.41. The van der Waals surface area contributed by atoms with Crippen LogP contribution in [0.15, 0.2) is 42.7 Å². The third-order valence-electron chi connectivity index (χ3n) is 6.91. The fraction of sp³-hybridized carbons (Fsp3) is 0.538. The Kier molecular flexibility index (Phi) is 7.11. The normalized spacial score (nSPS) is 20.6. The average molecular weight is 435 g/mol. The molecule has 172 valence electrons. The van der Waals surface area contributed by atoms with Gasteiger partial charge in [-0.05, 0) is 70.0 Å². The maximum atomic E-state index is 4.90. The molecule has 0 aliphatic heterocycles. The lowest BCUT2D eigenvalue weighted by Crippen LogP contribution is -2.49. The Morgan fingerprint density at radius 3 is 2.91 bits per heavy atom. The molecule has 0 spiro atoms. The maximum absolute atomic E-state index is 4.90. The summed E-state index contributed by atoms with van der Waals surface area (Å²) in [5.74, 6) is 1.67. The second-order valence-corrected chi connectivity index (χ2v) is 9.55. The van der Waals surface area contributed by atoms with Crippen LogP contribution in [0.25, 0.3) is 5.65 Å². The molecule has 0 amide bonds. The van der Waals surface area contributed by atoms with E-state index >= 15 is 0 Å². The van der Waals surface area contributed by atoms with Gasteiger partial charge in [-0.1, -0.05) is 31.9 Å². The molecule has 0 fully saturated rings. The second kappa shape index (κ2) is 10.0. The van der Waals surface area contributed by atoms with Crippen molar-refractivity contribution < 1.29 is 0 Å². The molecule has 1 aliphatic carbocycles. The molecule has 2 atom stereocenters. The van der Waals surface area contributed by atoms with Gasteiger partial charge in [0.05, 0.1) is 16.9 Å². The number of hydrogen-bond acceptors (Lipinski definition) is 5. The molecule has 1 aliphatic rings. The van der Waals surface area contributed by atoms with Crippen LogP contribution in [0.2, 0.25) is 0 Å². The van der Waals surface area contributed by atoms with Gasteiger partial charge in [0.25, 0.3) is 0 Å². The smallest absolute Gasteiger partial charge is 0.138 e. The first-order valence-electron chi connectivity index (χ1n) is 12.1. The van der Waals surface area contributed by atoms with E-state index in [4.69, 9.17) is 9.97 Å². The molecule has 0 aromatic carbocycles. The Bertz CT molecular complexity index is 1030. The van der Waals surface area contributed by atoms with Crippen LogP contribution in [-0.4, -0.2) is 46.5 Å². The number of fused-ring (bicyclic) bond motifs is 2. The highest BCUT2D eigenvalue weighted by molar-refractivity contribution is 5.51. The van der Waals surface area contributed by atoms with Crippen LogP contribution in [-0.2, 0) is 18.5 Å². The van der Waals surface area contributed by atoms with Gasteiger partial charge < -0.3 is 15.5 Å². The van der Waals surface area contributed by atoms with E-state index in [0.717, 1.165) is 43.2 Å². The first-order valence-corrected chi connectivity index (χ1v) is 12.1. The van der Waals surface area contributed by atoms with Crippen LogP contribution >= 0.6 is 0 Å². The van der Waals surface area contributed by atoms with Crippen molar-refractivity contribution in [3.05, 3.63) is 59.7 Å². The zero-order chi connectivity index (χ0) is 22.6. The van der Waals surface area contributed by atoms with Crippen LogP contribution < -0.4 is 10.6 Å². The molecule has 2 N–H and O–H groups in total. The van der Waals surface area contributed by atoms with E-state index in [9.17, 15) is 0 Å². The topological polar surface area (TPSA) is 57.5 Å². The van der Waals surface area contributed by atoms with Crippen molar-refractivity contribution in [2.45, 2.75) is 58.0 Å². The number of nitrogens with zero attached hydrogens (tertiary/aromatic N) is 4. The number of anilines is 1. The number of nitrogens with one attached hydrogen (secondary N) is 2. The monoisotopic (exact) mass is 434 g/mol. The Balaban J connectivity index is 1.54. The summed E-state index contributed by atoms with van der Waals surface area (Å²) in [6.45, 7) is 7.25. The van der Waals surface area contributed by atoms with Gasteiger partial charge in [0.1, 0.15) is 11.5 Å². The molecule has 0 saturated heterocycles. The molecule has 3 aromatic heterocycles. The highest BCUT2D eigenvalue weighted by Gasteiger charge is 2.40. The molecule has 3 aromatic rings. The van der Waals surface area contributed by atoms with Crippen molar-refractivity contribution in [1.29, 1.82) is 0 Å². The number of aryl methyl sites for hydroxylation is 1. The number of aromatic nitrogens is 3. The van der Waals surface area contributed by atoms with Crippen LogP contribution in [0.3, 0.4) is 0 Å². The van der Waals surface area contributed by atoms with E-state index in [-0.39, 0.29) is 5.54 Å². The Morgan fingerprint density at radius 2 is 2.09 bits per heavy atom. The number of rotatable bonds is 10. The number of pyridine rings is 2. The predicted octanol–water partition coefficient (Wildman–Crippen LogP) is 4.46. The SMILES string of the molecule is CCCC[C@H]1CCc2cccnc2[C@@]1(C)NCc1cn2c(NCCN(C)C)cccc2n1. The quantitative estimate of drug-likeness (QED) is 0.493. The van der Waals surface area contributed by atoms with Gasteiger partial charge in [-0.15, -0.1) is 0 Å². The second-order valence-electron chi connectivity index (χ2n) is 9.55. The molecular weight excluding hydrogens is 396 g/mol. The minimum Gasteiger partial charge on any atom is -0.370 e. The Labute approximate surface area is 192 Å². The Morgan fingerprint density at radius 1 is 1.22 bits per heavy atom. The molecule has 4 rings (SSSR count). The number of likely N-dealkylation sites (N-methyl/N-ethyl adjacent to an activating group) is 1. The minimum absolute atomic E-state index is 0.132. The van der Waals surface area contributed by atoms with E-state index in [1.807, 2.05) is 6.20 Å². The van der Waals surface area contributed by atoms with E-state index in [0.29, 0.717) is 5.92 Å². The van der Waals surface area contributed by atoms with Gasteiger partial charge in [-0.25, -0.2) is 4.98 Å². The van der Waals surface area contributed by atoms with Crippen molar-refractivity contribution in [3.8, 4) is 0 Å². The molecule has 0 bridgehead atoms. The van der Waals surface area contributed by atoms with Crippen molar-refractivity contribution >= 4 is 11.5 Å². The summed E-state index contributed by atoms with van der Waals surface area (Å²) in [6.07, 6.45) is 10.2. The molecule has 6 nitrogen and oxygen atoms in total. The van der Waals surface area contributed by atoms with Gasteiger partial charge in [0.15, 0.2) is 0 Å². The van der Waals surface area contributed by atoms with E-state index in [1.165, 1.54) is 36.9 Å². The Hall–Kier alpha value is -2.44. The maximum Gasteiger partial charge on any atom is 0.138 e.